The van der Waals surface area contributed by atoms with Crippen LogP contribution in [0.25, 0.3) is 11.2 Å². The topological polar surface area (TPSA) is 282 Å². The van der Waals surface area contributed by atoms with Gasteiger partial charge < -0.3 is 55.5 Å². The number of rotatable bonds is 22. The number of carbonyl (C=O) groups is 3. The largest absolute Gasteiger partial charge is 0.444 e. The van der Waals surface area contributed by atoms with Crippen LogP contribution in [0.15, 0.2) is 90.4 Å². The van der Waals surface area contributed by atoms with E-state index in [1.807, 2.05) is 79.9 Å². The number of imidazole rings is 1. The zero-order chi connectivity index (χ0) is 49.2. The number of alkyl carbamates (subject to hydrolysis) is 1. The van der Waals surface area contributed by atoms with Gasteiger partial charge in [0.25, 0.3) is 0 Å². The number of carbonyl (C=O) groups excluding carboxylic acids is 3. The summed E-state index contributed by atoms with van der Waals surface area (Å²) in [7, 11) is -2.44. The van der Waals surface area contributed by atoms with Crippen LogP contribution in [-0.2, 0) is 51.4 Å². The number of hydrogen-bond donors (Lipinski definition) is 7. The lowest BCUT2D eigenvalue weighted by Crippen LogP contribution is -2.55. The van der Waals surface area contributed by atoms with Crippen LogP contribution in [-0.4, -0.2) is 112 Å². The number of aliphatic hydroxyl groups excluding tert-OH is 1. The average Bonchev–Trinajstić information content (AvgIpc) is 4.09. The van der Waals surface area contributed by atoms with Crippen molar-refractivity contribution in [2.45, 2.75) is 96.8 Å². The van der Waals surface area contributed by atoms with E-state index in [1.54, 1.807) is 34.7 Å². The highest BCUT2D eigenvalue weighted by atomic mass is 32.1. The molecule has 0 saturated heterocycles. The maximum Gasteiger partial charge on any atom is 0.407 e. The number of amides is 4. The number of nitrogen functional groups attached to an aromatic ring is 1. The minimum atomic E-state index is -4.12. The summed E-state index contributed by atoms with van der Waals surface area (Å²) in [4.78, 5) is 80.1. The maximum absolute atomic E-state index is 13.9. The number of thiazole rings is 2. The zero-order valence-corrected chi connectivity index (χ0v) is 41.1. The lowest BCUT2D eigenvalue weighted by Gasteiger charge is -2.30. The Bertz CT molecular complexity index is 2530. The van der Waals surface area contributed by atoms with E-state index in [-0.39, 0.29) is 43.3 Å². The van der Waals surface area contributed by atoms with Crippen molar-refractivity contribution in [3.05, 3.63) is 117 Å². The summed E-state index contributed by atoms with van der Waals surface area (Å²) in [6, 6.07) is 16.8. The van der Waals surface area contributed by atoms with Gasteiger partial charge in [0.15, 0.2) is 11.5 Å². The van der Waals surface area contributed by atoms with E-state index in [1.165, 1.54) is 28.9 Å². The maximum atomic E-state index is 13.9. The Morgan fingerprint density at radius 2 is 1.62 bits per heavy atom. The van der Waals surface area contributed by atoms with Crippen molar-refractivity contribution in [3.8, 4) is 0 Å². The SMILES string of the molecule is CC(C)c1nc(CN(C)C(=O)N[C@H](C(=O)N[C@@H](Cc2ccccc2)C[C@H](O)[C@H](Cc2ccccc2)NC(=O)OCc2cncs2)C(C)C)cs1.Nc1ncnc2c1ncn2CCOCP(=O)(O)O. The minimum Gasteiger partial charge on any atom is -0.444 e. The molecule has 6 aromatic rings. The number of nitrogens with zero attached hydrogens (tertiary/aromatic N) is 7. The summed E-state index contributed by atoms with van der Waals surface area (Å²) in [6.45, 7) is 8.79. The first-order valence-electron chi connectivity index (χ1n) is 21.8. The summed E-state index contributed by atoms with van der Waals surface area (Å²) >= 11 is 2.95. The van der Waals surface area contributed by atoms with Crippen molar-refractivity contribution >= 4 is 65.3 Å². The van der Waals surface area contributed by atoms with Gasteiger partial charge >= 0.3 is 19.7 Å². The van der Waals surface area contributed by atoms with Gasteiger partial charge in [-0.15, -0.1) is 22.7 Å². The molecule has 0 aliphatic carbocycles. The molecular weight excluding hydrogens is 934 g/mol. The van der Waals surface area contributed by atoms with Crippen molar-refractivity contribution in [2.24, 2.45) is 5.92 Å². The van der Waals surface area contributed by atoms with E-state index < -0.39 is 44.3 Å². The minimum absolute atomic E-state index is 0.0671. The molecule has 2 aromatic carbocycles. The molecule has 8 N–H and O–H groups in total. The van der Waals surface area contributed by atoms with Gasteiger partial charge in [-0.25, -0.2) is 29.5 Å². The summed E-state index contributed by atoms with van der Waals surface area (Å²) < 4.78 is 22.5. The van der Waals surface area contributed by atoms with E-state index in [4.69, 9.17) is 25.0 Å². The van der Waals surface area contributed by atoms with Crippen LogP contribution in [0.5, 0.6) is 0 Å². The summed E-state index contributed by atoms with van der Waals surface area (Å²) in [6.07, 6.45) is 3.09. The fraction of sp³-hybridized carbons (Fsp3) is 0.422. The van der Waals surface area contributed by atoms with Gasteiger partial charge in [0.1, 0.15) is 30.8 Å². The smallest absolute Gasteiger partial charge is 0.407 e. The number of nitrogens with two attached hydrogens (primary N) is 1. The molecule has 23 heteroatoms. The Hall–Kier alpha value is -5.87. The van der Waals surface area contributed by atoms with Crippen molar-refractivity contribution in [3.63, 3.8) is 0 Å². The number of fused-ring (bicyclic) bond motifs is 1. The van der Waals surface area contributed by atoms with Crippen LogP contribution < -0.4 is 21.7 Å². The molecule has 0 saturated carbocycles. The van der Waals surface area contributed by atoms with E-state index in [2.05, 4.69) is 54.7 Å². The molecule has 0 aliphatic rings. The lowest BCUT2D eigenvalue weighted by molar-refractivity contribution is -0.124. The Balaban J connectivity index is 0.000000399. The molecule has 0 aliphatic heterocycles. The first-order chi connectivity index (χ1) is 32.4. The first-order valence-corrected chi connectivity index (χ1v) is 25.4. The normalized spacial score (nSPS) is 13.3. The lowest BCUT2D eigenvalue weighted by atomic mass is 9.93. The van der Waals surface area contributed by atoms with Crippen molar-refractivity contribution in [2.75, 3.05) is 25.7 Å². The van der Waals surface area contributed by atoms with Crippen LogP contribution in [0.2, 0.25) is 0 Å². The van der Waals surface area contributed by atoms with Crippen molar-refractivity contribution in [1.82, 2.24) is 50.3 Å². The van der Waals surface area contributed by atoms with Gasteiger partial charge in [0, 0.05) is 37.1 Å². The molecule has 68 heavy (non-hydrogen) atoms. The number of nitrogens with one attached hydrogen (secondary N) is 3. The number of aliphatic hydroxyl groups is 1. The molecule has 4 amide bonds. The standard InChI is InChI=1S/C37H48N6O5S2.C8H12N5O4P/c1-24(2)33(42-36(46)43(5)20-29-22-49-35(40-29)25(3)4)34(45)39-28(16-26-12-8-6-9-13-26)18-32(44)31(17-27-14-10-7-11-15-27)41-37(47)48-21-30-19-38-23-50-30;9-7-6-8(11-3-10-7)13(4-12-6)1-2-17-5-18(14,15)16/h6-15,19,22-25,28,31-33,44H,16-18,20-21H2,1-5H3,(H,39,45)(H,41,47)(H,42,46);3-4H,1-2,5H2,(H2,9,10,11)(H2,14,15,16)/t28-,31-,32-,33-;/m0./s1. The third-order valence-corrected chi connectivity index (χ3v) is 12.8. The van der Waals surface area contributed by atoms with E-state index in [9.17, 15) is 24.1 Å². The van der Waals surface area contributed by atoms with E-state index >= 15 is 0 Å². The second kappa shape index (κ2) is 26.0. The molecule has 0 unspecified atom stereocenters. The Kier molecular flexibility index (Phi) is 20.3. The van der Waals surface area contributed by atoms with Gasteiger partial charge in [-0.3, -0.25) is 14.3 Å². The number of benzene rings is 2. The monoisotopic (exact) mass is 993 g/mol. The first kappa shape index (κ1) is 53.1. The van der Waals surface area contributed by atoms with E-state index in [0.29, 0.717) is 43.0 Å². The van der Waals surface area contributed by atoms with Gasteiger partial charge in [-0.2, -0.15) is 0 Å². The quantitative estimate of drug-likeness (QED) is 0.0328. The number of ether oxygens (including phenoxy) is 2. The third-order valence-electron chi connectivity index (χ3n) is 10.3. The predicted molar refractivity (Wildman–Crippen MR) is 259 cm³/mol. The molecule has 0 fully saturated rings. The van der Waals surface area contributed by atoms with E-state index in [0.717, 1.165) is 26.7 Å². The third kappa shape index (κ3) is 17.3. The number of hydrogen-bond acceptors (Lipinski definition) is 15. The fourth-order valence-electron chi connectivity index (χ4n) is 6.80. The molecule has 4 heterocycles. The van der Waals surface area contributed by atoms with Crippen LogP contribution in [0, 0.1) is 5.92 Å². The number of aromatic nitrogens is 6. The van der Waals surface area contributed by atoms with Gasteiger partial charge in [0.2, 0.25) is 5.91 Å². The van der Waals surface area contributed by atoms with Gasteiger partial charge in [0.05, 0.1) is 52.7 Å². The second-order valence-corrected chi connectivity index (χ2v) is 20.1. The molecule has 4 aromatic heterocycles. The van der Waals surface area contributed by atoms with Crippen LogP contribution in [0.4, 0.5) is 15.4 Å². The molecule has 366 valence electrons. The molecule has 0 spiro atoms. The van der Waals surface area contributed by atoms with Crippen LogP contribution >= 0.6 is 30.3 Å². The van der Waals surface area contributed by atoms with Crippen molar-refractivity contribution in [1.29, 1.82) is 0 Å². The zero-order valence-electron chi connectivity index (χ0n) is 38.5. The molecular formula is C45H60N11O9PS2. The summed E-state index contributed by atoms with van der Waals surface area (Å²) in [5.74, 6) is 0.0102. The predicted octanol–water partition coefficient (Wildman–Crippen LogP) is 5.47. The molecule has 0 radical (unpaired) electrons. The second-order valence-electron chi connectivity index (χ2n) is 16.6. The highest BCUT2D eigenvalue weighted by Gasteiger charge is 2.31. The van der Waals surface area contributed by atoms with Crippen LogP contribution in [0.3, 0.4) is 0 Å². The van der Waals surface area contributed by atoms with Gasteiger partial charge in [-0.1, -0.05) is 88.4 Å². The summed E-state index contributed by atoms with van der Waals surface area (Å²) in [5, 5.41) is 23.5. The average molecular weight is 994 g/mol. The fourth-order valence-corrected chi connectivity index (χ4v) is 8.49. The summed E-state index contributed by atoms with van der Waals surface area (Å²) in [5.41, 5.74) is 11.0. The molecule has 0 bridgehead atoms. The Morgan fingerprint density at radius 1 is 0.926 bits per heavy atom. The molecule has 6 rings (SSSR count). The Morgan fingerprint density at radius 3 is 2.24 bits per heavy atom. The Labute approximate surface area is 402 Å². The van der Waals surface area contributed by atoms with Gasteiger partial charge in [-0.05, 0) is 36.3 Å². The van der Waals surface area contributed by atoms with Crippen molar-refractivity contribution < 1.29 is 43.3 Å². The number of anilines is 1. The number of urea groups is 1. The highest BCUT2D eigenvalue weighted by molar-refractivity contribution is 7.51. The highest BCUT2D eigenvalue weighted by Crippen LogP contribution is 2.33. The molecule has 20 nitrogen and oxygen atoms in total. The van der Waals surface area contributed by atoms with Crippen LogP contribution in [0.1, 0.15) is 66.7 Å². The molecule has 4 atom stereocenters.